The number of epoxide rings is 1. The molecule has 0 aromatic rings. The average molecular weight is 487 g/mol. The van der Waals surface area contributed by atoms with Gasteiger partial charge in [-0.15, -0.1) is 0 Å². The molecular weight excluding hydrogens is 456 g/mol. The number of hydrogen-bond donors (Lipinski definition) is 1. The Bertz CT molecular complexity index is 1150. The van der Waals surface area contributed by atoms with E-state index in [0.717, 1.165) is 0 Å². The number of Topliss-reactive ketones (excluding diaryl/α,β-unsaturated/α-hetero) is 1. The first-order valence-electron chi connectivity index (χ1n) is 12.2. The van der Waals surface area contributed by atoms with Crippen LogP contribution in [0.3, 0.4) is 0 Å². The van der Waals surface area contributed by atoms with E-state index >= 15 is 0 Å². The highest BCUT2D eigenvalue weighted by Crippen LogP contribution is 2.77. The summed E-state index contributed by atoms with van der Waals surface area (Å²) in [7, 11) is 0. The quantitative estimate of drug-likeness (QED) is 0.335. The largest absolute Gasteiger partial charge is 0.456 e. The van der Waals surface area contributed by atoms with E-state index in [0.29, 0.717) is 12.8 Å². The number of ether oxygens (including phenoxy) is 4. The number of rotatable bonds is 1. The van der Waals surface area contributed by atoms with Crippen LogP contribution in [0.2, 0.25) is 0 Å². The molecule has 9 atom stereocenters. The number of allylic oxidation sites excluding steroid dienone is 1. The topological polar surface area (TPSA) is 129 Å². The summed E-state index contributed by atoms with van der Waals surface area (Å²) in [4.78, 5) is 52.2. The second-order valence-electron chi connectivity index (χ2n) is 12.1. The van der Waals surface area contributed by atoms with Gasteiger partial charge in [-0.1, -0.05) is 19.9 Å². The molecule has 2 saturated carbocycles. The number of fused-ring (bicyclic) bond motifs is 3. The standard InChI is InChI=1S/C26H30O9/c1-22(2)14-11-15(27)25(5)13(23(14,3)8-7-16(28)34-22)6-9-24(4)18(12-10-17(29)32-20(12)30)33-21(31)19-26(24,25)35-19/h7-8,10,13-14,17-19,29H,6,9,11H2,1-5H3/t13-,14+,17-,18+,19-,23-,24+,25+,26-/m1/s1. The molecule has 4 aliphatic heterocycles. The highest BCUT2D eigenvalue weighted by molar-refractivity contribution is 5.96. The minimum Gasteiger partial charge on any atom is -0.456 e. The fourth-order valence-electron chi connectivity index (χ4n) is 8.67. The van der Waals surface area contributed by atoms with Gasteiger partial charge in [0.15, 0.2) is 6.10 Å². The minimum atomic E-state index is -1.41. The van der Waals surface area contributed by atoms with Crippen LogP contribution in [0.15, 0.2) is 23.8 Å². The Morgan fingerprint density at radius 3 is 2.34 bits per heavy atom. The van der Waals surface area contributed by atoms with E-state index in [1.807, 2.05) is 33.8 Å². The molecule has 6 rings (SSSR count). The molecule has 0 bridgehead atoms. The third-order valence-corrected chi connectivity index (χ3v) is 10.2. The van der Waals surface area contributed by atoms with E-state index in [-0.39, 0.29) is 29.6 Å². The van der Waals surface area contributed by atoms with Crippen molar-refractivity contribution in [3.63, 3.8) is 0 Å². The van der Waals surface area contributed by atoms with Gasteiger partial charge in [0.2, 0.25) is 6.29 Å². The number of aliphatic hydroxyl groups excluding tert-OH is 1. The van der Waals surface area contributed by atoms with E-state index in [1.54, 1.807) is 0 Å². The fraction of sp³-hybridized carbons (Fsp3) is 0.692. The van der Waals surface area contributed by atoms with Crippen molar-refractivity contribution in [3.05, 3.63) is 23.8 Å². The smallest absolute Gasteiger partial charge is 0.340 e. The van der Waals surface area contributed by atoms with Gasteiger partial charge in [0.1, 0.15) is 23.1 Å². The molecule has 2 aliphatic carbocycles. The monoisotopic (exact) mass is 486 g/mol. The maximum Gasteiger partial charge on any atom is 0.340 e. The van der Waals surface area contributed by atoms with Crippen LogP contribution >= 0.6 is 0 Å². The second-order valence-corrected chi connectivity index (χ2v) is 12.1. The van der Waals surface area contributed by atoms with Crippen LogP contribution in [0.4, 0.5) is 0 Å². The van der Waals surface area contributed by atoms with Crippen molar-refractivity contribution < 1.29 is 43.2 Å². The maximum atomic E-state index is 14.2. The first-order chi connectivity index (χ1) is 16.2. The Labute approximate surface area is 202 Å². The normalized spacial score (nSPS) is 51.5. The molecule has 0 aromatic heterocycles. The summed E-state index contributed by atoms with van der Waals surface area (Å²) in [5.41, 5.74) is -4.53. The van der Waals surface area contributed by atoms with Crippen molar-refractivity contribution in [1.29, 1.82) is 0 Å². The summed E-state index contributed by atoms with van der Waals surface area (Å²) in [6.45, 7) is 9.52. The van der Waals surface area contributed by atoms with E-state index in [9.17, 15) is 24.3 Å². The molecular formula is C26H30O9. The molecule has 9 heteroatoms. The predicted octanol–water partition coefficient (Wildman–Crippen LogP) is 1.76. The maximum absolute atomic E-state index is 14.2. The molecule has 1 N–H and O–H groups in total. The summed E-state index contributed by atoms with van der Waals surface area (Å²) in [6.07, 6.45) is 2.48. The molecule has 0 amide bonds. The van der Waals surface area contributed by atoms with Gasteiger partial charge >= 0.3 is 17.9 Å². The number of carbonyl (C=O) groups is 4. The van der Waals surface area contributed by atoms with Crippen LogP contribution < -0.4 is 0 Å². The van der Waals surface area contributed by atoms with Crippen molar-refractivity contribution in [2.24, 2.45) is 28.1 Å². The Morgan fingerprint density at radius 1 is 0.971 bits per heavy atom. The molecule has 2 saturated heterocycles. The molecule has 0 aromatic carbocycles. The molecule has 9 nitrogen and oxygen atoms in total. The van der Waals surface area contributed by atoms with Crippen molar-refractivity contribution in [2.75, 3.05) is 0 Å². The van der Waals surface area contributed by atoms with Gasteiger partial charge in [0, 0.05) is 23.8 Å². The van der Waals surface area contributed by atoms with Crippen LogP contribution in [0.1, 0.15) is 53.9 Å². The third kappa shape index (κ3) is 2.46. The van der Waals surface area contributed by atoms with Crippen LogP contribution in [-0.4, -0.2) is 58.5 Å². The highest BCUT2D eigenvalue weighted by Gasteiger charge is 2.88. The summed E-state index contributed by atoms with van der Waals surface area (Å²) in [5, 5.41) is 9.87. The van der Waals surface area contributed by atoms with E-state index < -0.39 is 63.9 Å². The van der Waals surface area contributed by atoms with Crippen molar-refractivity contribution in [2.45, 2.75) is 83.6 Å². The van der Waals surface area contributed by atoms with Gasteiger partial charge in [-0.05, 0) is 51.0 Å². The number of hydrogen-bond acceptors (Lipinski definition) is 9. The molecule has 6 aliphatic rings. The van der Waals surface area contributed by atoms with Gasteiger partial charge in [-0.25, -0.2) is 14.4 Å². The molecule has 4 fully saturated rings. The molecule has 0 unspecified atom stereocenters. The average Bonchev–Trinajstić information content (AvgIpc) is 3.47. The molecule has 1 spiro atoms. The summed E-state index contributed by atoms with van der Waals surface area (Å²) >= 11 is 0. The van der Waals surface area contributed by atoms with Gasteiger partial charge in [0.25, 0.3) is 0 Å². The number of esters is 3. The second kappa shape index (κ2) is 6.42. The Kier molecular flexibility index (Phi) is 4.20. The van der Waals surface area contributed by atoms with E-state index in [4.69, 9.17) is 18.9 Å². The highest BCUT2D eigenvalue weighted by atomic mass is 16.7. The number of cyclic esters (lactones) is 3. The third-order valence-electron chi connectivity index (χ3n) is 10.2. The van der Waals surface area contributed by atoms with Gasteiger partial charge in [-0.2, -0.15) is 0 Å². The van der Waals surface area contributed by atoms with Gasteiger partial charge in [0.05, 0.1) is 11.0 Å². The van der Waals surface area contributed by atoms with Gasteiger partial charge < -0.3 is 24.1 Å². The number of aliphatic hydroxyl groups is 1. The fourth-order valence-corrected chi connectivity index (χ4v) is 8.67. The number of ketones is 1. The predicted molar refractivity (Wildman–Crippen MR) is 117 cm³/mol. The Morgan fingerprint density at radius 2 is 1.69 bits per heavy atom. The van der Waals surface area contributed by atoms with Crippen molar-refractivity contribution in [1.82, 2.24) is 0 Å². The first kappa shape index (κ1) is 22.9. The minimum absolute atomic E-state index is 0.0470. The lowest BCUT2D eigenvalue weighted by Crippen LogP contribution is -2.72. The summed E-state index contributed by atoms with van der Waals surface area (Å²) < 4.78 is 22.6. The molecule has 188 valence electrons. The lowest BCUT2D eigenvalue weighted by atomic mass is 9.37. The number of carbonyl (C=O) groups excluding carboxylic acids is 4. The van der Waals surface area contributed by atoms with Crippen molar-refractivity contribution in [3.8, 4) is 0 Å². The SMILES string of the molecule is CC1(C)OC(=O)C=C[C@]2(C)[C@H]3CC[C@@]4(C)[C@H](C5=C[C@H](O)OC5=O)OC(=O)[C@H]5O[C@]54[C@]3(C)C(=O)C[C@@H]12. The van der Waals surface area contributed by atoms with Crippen LogP contribution in [0.25, 0.3) is 0 Å². The zero-order valence-electron chi connectivity index (χ0n) is 20.5. The first-order valence-corrected chi connectivity index (χ1v) is 12.2. The summed E-state index contributed by atoms with van der Waals surface area (Å²) in [6, 6.07) is 0. The zero-order valence-corrected chi connectivity index (χ0v) is 20.5. The Hall–Kier alpha value is -2.52. The molecule has 4 heterocycles. The lowest BCUT2D eigenvalue weighted by Gasteiger charge is -2.64. The summed E-state index contributed by atoms with van der Waals surface area (Å²) in [5.74, 6) is -2.36. The van der Waals surface area contributed by atoms with Crippen molar-refractivity contribution >= 4 is 23.7 Å². The Balaban J connectivity index is 1.51. The molecule has 35 heavy (non-hydrogen) atoms. The zero-order chi connectivity index (χ0) is 25.3. The van der Waals surface area contributed by atoms with Gasteiger partial charge in [-0.3, -0.25) is 4.79 Å². The van der Waals surface area contributed by atoms with Crippen LogP contribution in [-0.2, 0) is 38.1 Å². The molecule has 0 radical (unpaired) electrons. The van der Waals surface area contributed by atoms with E-state index in [1.165, 1.54) is 12.2 Å². The van der Waals surface area contributed by atoms with Crippen LogP contribution in [0.5, 0.6) is 0 Å². The lowest BCUT2D eigenvalue weighted by molar-refractivity contribution is -0.211. The van der Waals surface area contributed by atoms with E-state index in [2.05, 4.69) is 6.92 Å². The van der Waals surface area contributed by atoms with Crippen LogP contribution in [0, 0.1) is 28.1 Å².